The van der Waals surface area contributed by atoms with Crippen molar-refractivity contribution in [1.29, 1.82) is 0 Å². The van der Waals surface area contributed by atoms with Gasteiger partial charge in [-0.3, -0.25) is 4.98 Å². The second-order valence-corrected chi connectivity index (χ2v) is 7.55. The highest BCUT2D eigenvalue weighted by Gasteiger charge is 2.48. The molecule has 27 heavy (non-hydrogen) atoms. The fourth-order valence-corrected chi connectivity index (χ4v) is 3.91. The quantitative estimate of drug-likeness (QED) is 0.667. The van der Waals surface area contributed by atoms with Gasteiger partial charge in [0.1, 0.15) is 22.7 Å². The van der Waals surface area contributed by atoms with Crippen LogP contribution in [0.4, 0.5) is 14.7 Å². The minimum absolute atomic E-state index is 0.0834. The molecule has 0 aliphatic heterocycles. The summed E-state index contributed by atoms with van der Waals surface area (Å²) < 4.78 is 27.7. The maximum Gasteiger partial charge on any atom is 0.242 e. The first-order valence-electron chi connectivity index (χ1n) is 8.34. The predicted molar refractivity (Wildman–Crippen MR) is 95.4 cm³/mol. The summed E-state index contributed by atoms with van der Waals surface area (Å²) >= 11 is 1.31. The summed E-state index contributed by atoms with van der Waals surface area (Å²) in [7, 11) is 0. The van der Waals surface area contributed by atoms with Crippen molar-refractivity contribution in [3.63, 3.8) is 0 Å². The molecule has 1 aliphatic carbocycles. The summed E-state index contributed by atoms with van der Waals surface area (Å²) in [6.45, 7) is 0.175. The summed E-state index contributed by atoms with van der Waals surface area (Å²) in [5, 5.41) is 20.8. The number of aliphatic hydroxyl groups excluding tert-OH is 1. The summed E-state index contributed by atoms with van der Waals surface area (Å²) in [6, 6.07) is 2.84. The van der Waals surface area contributed by atoms with E-state index in [1.54, 1.807) is 6.20 Å². The molecule has 0 aromatic carbocycles. The molecule has 0 amide bonds. The number of aliphatic hydroxyl groups is 1. The Balaban J connectivity index is 1.48. The number of alkyl halides is 1. The van der Waals surface area contributed by atoms with E-state index in [0.717, 1.165) is 4.88 Å². The van der Waals surface area contributed by atoms with Gasteiger partial charge in [-0.25, -0.2) is 18.7 Å². The van der Waals surface area contributed by atoms with Crippen molar-refractivity contribution in [1.82, 2.24) is 25.1 Å². The van der Waals surface area contributed by atoms with Crippen LogP contribution >= 0.6 is 11.3 Å². The monoisotopic (exact) mass is 390 g/mol. The molecule has 7 nitrogen and oxygen atoms in total. The number of hydrogen-bond acceptors (Lipinski definition) is 8. The van der Waals surface area contributed by atoms with Crippen molar-refractivity contribution in [2.24, 2.45) is 0 Å². The van der Waals surface area contributed by atoms with Crippen molar-refractivity contribution < 1.29 is 13.9 Å². The second-order valence-electron chi connectivity index (χ2n) is 6.43. The average molecular weight is 390 g/mol. The number of rotatable bonds is 6. The Kier molecular flexibility index (Phi) is 4.75. The standard InChI is InChI=1S/C17H16F2N6OS/c18-10-4-17(5-10,14-12(19)2-1-3-20-14)9-23-16-22-7-13(24-25-16)15-21-6-11(8-26)27-15/h1-3,6-7,10,26H,4-5,8-9H2,(H,22,23,25). The van der Waals surface area contributed by atoms with E-state index in [-0.39, 0.29) is 37.6 Å². The second kappa shape index (κ2) is 7.20. The van der Waals surface area contributed by atoms with Gasteiger partial charge in [0.2, 0.25) is 5.95 Å². The molecular formula is C17H16F2N6OS. The Hall–Kier alpha value is -2.59. The lowest BCUT2D eigenvalue weighted by atomic mass is 9.65. The first-order valence-corrected chi connectivity index (χ1v) is 9.16. The number of thiazole rings is 1. The molecule has 0 atom stereocenters. The van der Waals surface area contributed by atoms with Gasteiger partial charge in [0.05, 0.1) is 23.4 Å². The van der Waals surface area contributed by atoms with Gasteiger partial charge in [0.25, 0.3) is 0 Å². The third-order valence-electron chi connectivity index (χ3n) is 4.56. The fourth-order valence-electron chi connectivity index (χ4n) is 3.19. The van der Waals surface area contributed by atoms with Gasteiger partial charge in [-0.2, -0.15) is 0 Å². The van der Waals surface area contributed by atoms with Crippen LogP contribution in [0.5, 0.6) is 0 Å². The molecule has 1 aliphatic rings. The van der Waals surface area contributed by atoms with Crippen molar-refractivity contribution in [2.75, 3.05) is 11.9 Å². The molecule has 3 heterocycles. The minimum atomic E-state index is -0.972. The number of pyridine rings is 1. The number of aromatic nitrogens is 5. The van der Waals surface area contributed by atoms with Crippen molar-refractivity contribution in [3.05, 3.63) is 47.1 Å². The fraction of sp³-hybridized carbons (Fsp3) is 0.353. The molecule has 10 heteroatoms. The number of nitrogens with one attached hydrogen (secondary N) is 1. The maximum absolute atomic E-state index is 14.2. The van der Waals surface area contributed by atoms with Gasteiger partial charge in [-0.15, -0.1) is 21.5 Å². The molecule has 1 fully saturated rings. The molecule has 0 unspecified atom stereocenters. The van der Waals surface area contributed by atoms with E-state index < -0.39 is 17.4 Å². The lowest BCUT2D eigenvalue weighted by Gasteiger charge is -2.43. The highest BCUT2D eigenvalue weighted by molar-refractivity contribution is 7.14. The van der Waals surface area contributed by atoms with Crippen LogP contribution in [0.3, 0.4) is 0 Å². The topological polar surface area (TPSA) is 96.7 Å². The van der Waals surface area contributed by atoms with Crippen molar-refractivity contribution >= 4 is 17.3 Å². The van der Waals surface area contributed by atoms with Crippen LogP contribution in [-0.4, -0.2) is 43.0 Å². The Morgan fingerprint density at radius 3 is 2.70 bits per heavy atom. The summed E-state index contributed by atoms with van der Waals surface area (Å²) in [5.41, 5.74) is 0.0245. The van der Waals surface area contributed by atoms with E-state index in [4.69, 9.17) is 5.11 Å². The highest BCUT2D eigenvalue weighted by Crippen LogP contribution is 2.45. The molecule has 140 valence electrons. The number of anilines is 1. The van der Waals surface area contributed by atoms with Gasteiger partial charge < -0.3 is 10.4 Å². The van der Waals surface area contributed by atoms with Crippen LogP contribution < -0.4 is 5.32 Å². The normalized spacial score (nSPS) is 21.7. The maximum atomic E-state index is 14.2. The molecule has 0 bridgehead atoms. The lowest BCUT2D eigenvalue weighted by Crippen LogP contribution is -2.49. The molecule has 3 aromatic rings. The van der Waals surface area contributed by atoms with Crippen LogP contribution in [0.25, 0.3) is 10.7 Å². The van der Waals surface area contributed by atoms with E-state index in [0.29, 0.717) is 10.7 Å². The van der Waals surface area contributed by atoms with Gasteiger partial charge in [-0.1, -0.05) is 0 Å². The van der Waals surface area contributed by atoms with Crippen molar-refractivity contribution in [3.8, 4) is 10.7 Å². The lowest BCUT2D eigenvalue weighted by molar-refractivity contribution is 0.0963. The van der Waals surface area contributed by atoms with Crippen LogP contribution in [0.2, 0.25) is 0 Å². The number of nitrogens with zero attached hydrogens (tertiary/aromatic N) is 5. The highest BCUT2D eigenvalue weighted by atomic mass is 32.1. The predicted octanol–water partition coefficient (Wildman–Crippen LogP) is 2.50. The first-order chi connectivity index (χ1) is 13.1. The largest absolute Gasteiger partial charge is 0.391 e. The minimum Gasteiger partial charge on any atom is -0.391 e. The van der Waals surface area contributed by atoms with Crippen molar-refractivity contribution in [2.45, 2.75) is 31.0 Å². The average Bonchev–Trinajstić information content (AvgIpc) is 3.14. The third kappa shape index (κ3) is 3.50. The van der Waals surface area contributed by atoms with Gasteiger partial charge in [0, 0.05) is 24.4 Å². The smallest absolute Gasteiger partial charge is 0.242 e. The first kappa shape index (κ1) is 17.8. The van der Waals surface area contributed by atoms with E-state index in [1.165, 1.54) is 35.9 Å². The van der Waals surface area contributed by atoms with E-state index in [2.05, 4.69) is 30.5 Å². The van der Waals surface area contributed by atoms with Crippen LogP contribution in [0, 0.1) is 5.82 Å². The summed E-state index contributed by atoms with van der Waals surface area (Å²) in [4.78, 5) is 13.2. The molecule has 2 N–H and O–H groups in total. The van der Waals surface area contributed by atoms with Gasteiger partial charge in [0.15, 0.2) is 0 Å². The van der Waals surface area contributed by atoms with E-state index in [9.17, 15) is 8.78 Å². The third-order valence-corrected chi connectivity index (χ3v) is 5.56. The molecule has 0 radical (unpaired) electrons. The zero-order valence-corrected chi connectivity index (χ0v) is 15.0. The van der Waals surface area contributed by atoms with Gasteiger partial charge in [-0.05, 0) is 25.0 Å². The van der Waals surface area contributed by atoms with Crippen LogP contribution in [-0.2, 0) is 12.0 Å². The number of hydrogen-bond donors (Lipinski definition) is 2. The summed E-state index contributed by atoms with van der Waals surface area (Å²) in [6.07, 6.45) is 4.02. The Labute approximate surface area is 157 Å². The molecule has 0 saturated heterocycles. The Morgan fingerprint density at radius 2 is 2.07 bits per heavy atom. The number of halogens is 2. The Bertz CT molecular complexity index is 929. The molecular weight excluding hydrogens is 374 g/mol. The molecule has 1 saturated carbocycles. The molecule has 4 rings (SSSR count). The Morgan fingerprint density at radius 1 is 1.22 bits per heavy atom. The van der Waals surface area contributed by atoms with Crippen LogP contribution in [0.15, 0.2) is 30.7 Å². The zero-order chi connectivity index (χ0) is 18.9. The van der Waals surface area contributed by atoms with E-state index >= 15 is 0 Å². The molecule has 3 aromatic heterocycles. The molecule has 0 spiro atoms. The summed E-state index contributed by atoms with van der Waals surface area (Å²) in [5.74, 6) is -0.181. The van der Waals surface area contributed by atoms with Crippen LogP contribution in [0.1, 0.15) is 23.4 Å². The SMILES string of the molecule is OCc1cnc(-c2cnc(NCC3(c4ncccc4F)CC(F)C3)nn2)s1. The van der Waals surface area contributed by atoms with E-state index in [1.807, 2.05) is 0 Å². The van der Waals surface area contributed by atoms with Gasteiger partial charge >= 0.3 is 0 Å². The zero-order valence-electron chi connectivity index (χ0n) is 14.1.